The van der Waals surface area contributed by atoms with Gasteiger partial charge in [-0.1, -0.05) is 11.6 Å². The van der Waals surface area contributed by atoms with Gasteiger partial charge >= 0.3 is 0 Å². The molecule has 3 fully saturated rings. The van der Waals surface area contributed by atoms with Crippen molar-refractivity contribution in [1.29, 1.82) is 0 Å². The first-order valence-corrected chi connectivity index (χ1v) is 9.18. The monoisotopic (exact) mass is 333 g/mol. The Morgan fingerprint density at radius 2 is 2.25 bits per heavy atom. The number of nitrogens with zero attached hydrogens (tertiary/aromatic N) is 2. The Hall–Kier alpha value is -1.40. The van der Waals surface area contributed by atoms with E-state index in [9.17, 15) is 4.79 Å². The summed E-state index contributed by atoms with van der Waals surface area (Å²) in [7, 11) is 0. The first-order chi connectivity index (χ1) is 11.6. The first kappa shape index (κ1) is 16.1. The molecule has 1 aliphatic carbocycles. The maximum absolute atomic E-state index is 11.9. The van der Waals surface area contributed by atoms with Crippen LogP contribution >= 0.6 is 0 Å². The summed E-state index contributed by atoms with van der Waals surface area (Å²) in [4.78, 5) is 14.3. The van der Waals surface area contributed by atoms with Crippen molar-refractivity contribution in [2.45, 2.75) is 51.2 Å². The molecule has 3 heterocycles. The average Bonchev–Trinajstić information content (AvgIpc) is 2.88. The summed E-state index contributed by atoms with van der Waals surface area (Å²) in [6.45, 7) is 6.24. The molecule has 24 heavy (non-hydrogen) atoms. The summed E-state index contributed by atoms with van der Waals surface area (Å²) in [5.41, 5.74) is 1.03. The van der Waals surface area contributed by atoms with Crippen LogP contribution in [0.3, 0.4) is 0 Å². The zero-order valence-corrected chi connectivity index (χ0v) is 14.4. The molecule has 1 aromatic heterocycles. The number of nitrogens with one attached hydrogen (secondary N) is 1. The number of hydrogen-bond donors (Lipinski definition) is 1. The van der Waals surface area contributed by atoms with Crippen molar-refractivity contribution in [3.8, 4) is 0 Å². The van der Waals surface area contributed by atoms with E-state index in [-0.39, 0.29) is 17.4 Å². The van der Waals surface area contributed by atoms with Gasteiger partial charge in [0.05, 0.1) is 17.9 Å². The Morgan fingerprint density at radius 1 is 1.42 bits per heavy atom. The van der Waals surface area contributed by atoms with Gasteiger partial charge in [-0.15, -0.1) is 0 Å². The summed E-state index contributed by atoms with van der Waals surface area (Å²) in [5.74, 6) is 1.85. The fourth-order valence-corrected chi connectivity index (χ4v) is 3.99. The van der Waals surface area contributed by atoms with Gasteiger partial charge in [0.25, 0.3) is 0 Å². The second-order valence-corrected chi connectivity index (χ2v) is 7.85. The third-order valence-electron chi connectivity index (χ3n) is 5.76. The molecule has 1 unspecified atom stereocenters. The lowest BCUT2D eigenvalue weighted by atomic mass is 9.82. The second kappa shape index (κ2) is 6.48. The van der Waals surface area contributed by atoms with Crippen molar-refractivity contribution >= 4 is 5.91 Å². The molecule has 132 valence electrons. The van der Waals surface area contributed by atoms with Crippen molar-refractivity contribution in [3.05, 3.63) is 17.5 Å². The predicted molar refractivity (Wildman–Crippen MR) is 88.3 cm³/mol. The summed E-state index contributed by atoms with van der Waals surface area (Å²) in [6.07, 6.45) is 5.57. The van der Waals surface area contributed by atoms with Crippen molar-refractivity contribution in [3.63, 3.8) is 0 Å². The van der Waals surface area contributed by atoms with Gasteiger partial charge in [-0.3, -0.25) is 9.69 Å². The van der Waals surface area contributed by atoms with Crippen LogP contribution in [0.5, 0.6) is 0 Å². The topological polar surface area (TPSA) is 67.6 Å². The number of aryl methyl sites for hydroxylation is 1. The smallest absolute Gasteiger partial charge is 0.223 e. The maximum Gasteiger partial charge on any atom is 0.223 e. The SMILES string of the molecule is Cc1cc(CN2CC3(CCC(CNC(=O)C4CCC4)CO3)C2)no1. The number of rotatable bonds is 5. The van der Waals surface area contributed by atoms with Gasteiger partial charge in [0.15, 0.2) is 0 Å². The maximum atomic E-state index is 11.9. The number of carbonyl (C=O) groups is 1. The van der Waals surface area contributed by atoms with Gasteiger partial charge in [0.2, 0.25) is 5.91 Å². The Kier molecular flexibility index (Phi) is 4.35. The van der Waals surface area contributed by atoms with Crippen LogP contribution in [0.15, 0.2) is 10.6 Å². The zero-order valence-electron chi connectivity index (χ0n) is 14.4. The van der Waals surface area contributed by atoms with Gasteiger partial charge in [-0.05, 0) is 38.5 Å². The van der Waals surface area contributed by atoms with E-state index in [0.717, 1.165) is 69.9 Å². The Labute approximate surface area is 142 Å². The molecule has 3 aliphatic rings. The van der Waals surface area contributed by atoms with Crippen molar-refractivity contribution in [2.24, 2.45) is 11.8 Å². The number of aromatic nitrogens is 1. The van der Waals surface area contributed by atoms with E-state index in [0.29, 0.717) is 5.92 Å². The van der Waals surface area contributed by atoms with Gasteiger partial charge in [0, 0.05) is 38.2 Å². The van der Waals surface area contributed by atoms with Crippen LogP contribution in [0.2, 0.25) is 0 Å². The van der Waals surface area contributed by atoms with Gasteiger partial charge in [-0.25, -0.2) is 0 Å². The third kappa shape index (κ3) is 3.35. The van der Waals surface area contributed by atoms with Crippen LogP contribution in [0.1, 0.15) is 43.6 Å². The second-order valence-electron chi connectivity index (χ2n) is 7.85. The molecular weight excluding hydrogens is 306 g/mol. The average molecular weight is 333 g/mol. The molecule has 0 radical (unpaired) electrons. The largest absolute Gasteiger partial charge is 0.372 e. The van der Waals surface area contributed by atoms with E-state index in [4.69, 9.17) is 9.26 Å². The molecule has 0 bridgehead atoms. The number of carbonyl (C=O) groups excluding carboxylic acids is 1. The van der Waals surface area contributed by atoms with E-state index in [2.05, 4.69) is 15.4 Å². The number of likely N-dealkylation sites (tertiary alicyclic amines) is 1. The molecule has 6 nitrogen and oxygen atoms in total. The normalized spacial score (nSPS) is 26.8. The lowest BCUT2D eigenvalue weighted by Gasteiger charge is -2.52. The van der Waals surface area contributed by atoms with E-state index in [1.54, 1.807) is 0 Å². The summed E-state index contributed by atoms with van der Waals surface area (Å²) >= 11 is 0. The highest BCUT2D eigenvalue weighted by molar-refractivity contribution is 5.79. The number of ether oxygens (including phenoxy) is 1. The minimum absolute atomic E-state index is 0.0350. The van der Waals surface area contributed by atoms with E-state index in [1.165, 1.54) is 6.42 Å². The molecule has 1 saturated carbocycles. The fourth-order valence-electron chi connectivity index (χ4n) is 3.99. The highest BCUT2D eigenvalue weighted by Gasteiger charge is 2.46. The summed E-state index contributed by atoms with van der Waals surface area (Å²) in [5, 5.41) is 7.17. The molecule has 1 N–H and O–H groups in total. The Morgan fingerprint density at radius 3 is 2.83 bits per heavy atom. The number of amides is 1. The molecule has 1 atom stereocenters. The predicted octanol–water partition coefficient (Wildman–Crippen LogP) is 1.88. The molecule has 2 saturated heterocycles. The highest BCUT2D eigenvalue weighted by atomic mass is 16.5. The molecule has 2 aliphatic heterocycles. The molecule has 4 rings (SSSR count). The quantitative estimate of drug-likeness (QED) is 0.891. The lowest BCUT2D eigenvalue weighted by Crippen LogP contribution is -2.64. The molecular formula is C18H27N3O3. The first-order valence-electron chi connectivity index (χ1n) is 9.18. The Bertz CT molecular complexity index is 580. The van der Waals surface area contributed by atoms with E-state index >= 15 is 0 Å². The standard InChI is InChI=1S/C18H27N3O3/c1-13-7-16(20-24-13)9-21-11-18(12-21)6-5-14(10-23-18)8-19-17(22)15-3-2-4-15/h7,14-15H,2-6,8-12H2,1H3,(H,19,22). The highest BCUT2D eigenvalue weighted by Crippen LogP contribution is 2.36. The van der Waals surface area contributed by atoms with Crippen molar-refractivity contribution in [2.75, 3.05) is 26.2 Å². The minimum Gasteiger partial charge on any atom is -0.372 e. The Balaban J connectivity index is 1.16. The molecule has 6 heteroatoms. The van der Waals surface area contributed by atoms with Crippen LogP contribution in [0.25, 0.3) is 0 Å². The van der Waals surface area contributed by atoms with Crippen LogP contribution < -0.4 is 5.32 Å². The van der Waals surface area contributed by atoms with Crippen LogP contribution in [0, 0.1) is 18.8 Å². The van der Waals surface area contributed by atoms with Crippen molar-refractivity contribution < 1.29 is 14.1 Å². The fraction of sp³-hybridized carbons (Fsp3) is 0.778. The van der Waals surface area contributed by atoms with Crippen LogP contribution in [-0.4, -0.2) is 47.8 Å². The lowest BCUT2D eigenvalue weighted by molar-refractivity contribution is -0.181. The molecule has 1 aromatic rings. The summed E-state index contributed by atoms with van der Waals surface area (Å²) < 4.78 is 11.3. The van der Waals surface area contributed by atoms with E-state index in [1.807, 2.05) is 13.0 Å². The molecule has 1 spiro atoms. The van der Waals surface area contributed by atoms with Gasteiger partial charge in [0.1, 0.15) is 5.76 Å². The summed E-state index contributed by atoms with van der Waals surface area (Å²) in [6, 6.07) is 1.99. The van der Waals surface area contributed by atoms with Crippen LogP contribution in [-0.2, 0) is 16.1 Å². The third-order valence-corrected chi connectivity index (χ3v) is 5.76. The van der Waals surface area contributed by atoms with Crippen molar-refractivity contribution in [1.82, 2.24) is 15.4 Å². The van der Waals surface area contributed by atoms with E-state index < -0.39 is 0 Å². The molecule has 0 aromatic carbocycles. The van der Waals surface area contributed by atoms with Gasteiger partial charge < -0.3 is 14.6 Å². The minimum atomic E-state index is 0.0350. The van der Waals surface area contributed by atoms with Gasteiger partial charge in [-0.2, -0.15) is 0 Å². The molecule has 1 amide bonds. The van der Waals surface area contributed by atoms with Crippen LogP contribution in [0.4, 0.5) is 0 Å². The zero-order chi connectivity index (χ0) is 16.6. The number of hydrogen-bond acceptors (Lipinski definition) is 5.